The molecule has 1 aromatic heterocycles. The van der Waals surface area contributed by atoms with Gasteiger partial charge in [-0.3, -0.25) is 0 Å². The molecule has 0 saturated carbocycles. The first-order valence-corrected chi connectivity index (χ1v) is 6.05. The van der Waals surface area contributed by atoms with Gasteiger partial charge in [0.2, 0.25) is 0 Å². The van der Waals surface area contributed by atoms with Gasteiger partial charge in [-0.05, 0) is 17.7 Å². The van der Waals surface area contributed by atoms with Crippen LogP contribution in [0.15, 0.2) is 42.5 Å². The molecule has 0 aliphatic carbocycles. The van der Waals surface area contributed by atoms with Crippen molar-refractivity contribution >= 4 is 16.7 Å². The van der Waals surface area contributed by atoms with E-state index in [1.165, 1.54) is 0 Å². The number of aromatic amines is 1. The fourth-order valence-corrected chi connectivity index (χ4v) is 2.36. The topological polar surface area (TPSA) is 89.4 Å². The number of hydrogen-bond acceptors (Lipinski definition) is 3. The molecule has 0 unspecified atom stereocenters. The Bertz CT molecular complexity index is 877. The van der Waals surface area contributed by atoms with Crippen LogP contribution in [0.1, 0.15) is 11.1 Å². The molecule has 1 heterocycles. The molecule has 0 amide bonds. The summed E-state index contributed by atoms with van der Waals surface area (Å²) in [5.74, 6) is 0.533. The second kappa shape index (κ2) is 4.46. The highest BCUT2D eigenvalue weighted by molar-refractivity contribution is 6.02. The van der Waals surface area contributed by atoms with Crippen LogP contribution < -0.4 is 5.73 Å². The first kappa shape index (κ1) is 11.8. The van der Waals surface area contributed by atoms with E-state index < -0.39 is 0 Å². The third kappa shape index (κ3) is 1.68. The van der Waals surface area contributed by atoms with E-state index in [0.29, 0.717) is 16.9 Å². The van der Waals surface area contributed by atoms with Crippen molar-refractivity contribution in [2.24, 2.45) is 0 Å². The number of fused-ring (bicyclic) bond motifs is 1. The monoisotopic (exact) mass is 258 g/mol. The molecule has 0 fully saturated rings. The molecule has 4 nitrogen and oxygen atoms in total. The summed E-state index contributed by atoms with van der Waals surface area (Å²) >= 11 is 0. The summed E-state index contributed by atoms with van der Waals surface area (Å²) in [4.78, 5) is 3.07. The van der Waals surface area contributed by atoms with Crippen molar-refractivity contribution in [3.8, 4) is 23.3 Å². The second-order valence-electron chi connectivity index (χ2n) is 4.45. The maximum absolute atomic E-state index is 9.13. The fraction of sp³-hybridized carbons (Fsp3) is 0. The molecule has 0 atom stereocenters. The highest BCUT2D eigenvalue weighted by Crippen LogP contribution is 2.35. The SMILES string of the molecule is N#Cc1cc2[nH]c(N)c(-c3ccccc3)c2cc1C#N. The van der Waals surface area contributed by atoms with Crippen molar-refractivity contribution in [3.05, 3.63) is 53.6 Å². The van der Waals surface area contributed by atoms with Gasteiger partial charge in [-0.2, -0.15) is 10.5 Å². The van der Waals surface area contributed by atoms with E-state index in [1.54, 1.807) is 12.1 Å². The number of rotatable bonds is 1. The first-order valence-electron chi connectivity index (χ1n) is 6.05. The number of hydrogen-bond donors (Lipinski definition) is 2. The molecule has 0 bridgehead atoms. The molecule has 0 spiro atoms. The summed E-state index contributed by atoms with van der Waals surface area (Å²) < 4.78 is 0. The van der Waals surface area contributed by atoms with Crippen molar-refractivity contribution in [3.63, 3.8) is 0 Å². The lowest BCUT2D eigenvalue weighted by Crippen LogP contribution is -1.87. The van der Waals surface area contributed by atoms with Crippen LogP contribution in [0, 0.1) is 22.7 Å². The molecule has 0 aliphatic heterocycles. The molecule has 3 rings (SSSR count). The number of nitrogens with zero attached hydrogens (tertiary/aromatic N) is 2. The lowest BCUT2D eigenvalue weighted by Gasteiger charge is -2.02. The molecular weight excluding hydrogens is 248 g/mol. The molecular formula is C16H10N4. The zero-order valence-electron chi connectivity index (χ0n) is 10.5. The van der Waals surface area contributed by atoms with Gasteiger partial charge in [-0.15, -0.1) is 0 Å². The van der Waals surface area contributed by atoms with Gasteiger partial charge in [0.05, 0.1) is 11.1 Å². The maximum atomic E-state index is 9.13. The Kier molecular flexibility index (Phi) is 2.64. The van der Waals surface area contributed by atoms with Crippen molar-refractivity contribution < 1.29 is 0 Å². The molecule has 3 N–H and O–H groups in total. The van der Waals surface area contributed by atoms with Crippen LogP contribution in [0.5, 0.6) is 0 Å². The zero-order valence-corrected chi connectivity index (χ0v) is 10.5. The van der Waals surface area contributed by atoms with Crippen molar-refractivity contribution in [1.82, 2.24) is 4.98 Å². The highest BCUT2D eigenvalue weighted by atomic mass is 14.9. The van der Waals surface area contributed by atoms with E-state index in [1.807, 2.05) is 42.5 Å². The Morgan fingerprint density at radius 3 is 2.25 bits per heavy atom. The van der Waals surface area contributed by atoms with Crippen LogP contribution in [0.3, 0.4) is 0 Å². The highest BCUT2D eigenvalue weighted by Gasteiger charge is 2.14. The van der Waals surface area contributed by atoms with Gasteiger partial charge in [0, 0.05) is 16.5 Å². The lowest BCUT2D eigenvalue weighted by atomic mass is 10.0. The third-order valence-corrected chi connectivity index (χ3v) is 3.27. The predicted molar refractivity (Wildman–Crippen MR) is 77.6 cm³/mol. The summed E-state index contributed by atoms with van der Waals surface area (Å²) in [5.41, 5.74) is 9.35. The number of anilines is 1. The predicted octanol–water partition coefficient (Wildman–Crippen LogP) is 3.16. The molecule has 4 heteroatoms. The zero-order chi connectivity index (χ0) is 14.1. The molecule has 0 saturated heterocycles. The minimum atomic E-state index is 0.348. The van der Waals surface area contributed by atoms with Gasteiger partial charge in [-0.1, -0.05) is 30.3 Å². The number of nitrogens with one attached hydrogen (secondary N) is 1. The van der Waals surface area contributed by atoms with Gasteiger partial charge in [0.25, 0.3) is 0 Å². The van der Waals surface area contributed by atoms with E-state index in [0.717, 1.165) is 22.0 Å². The number of aromatic nitrogens is 1. The van der Waals surface area contributed by atoms with Crippen LogP contribution in [-0.4, -0.2) is 4.98 Å². The Morgan fingerprint density at radius 1 is 0.950 bits per heavy atom. The average Bonchev–Trinajstić information content (AvgIpc) is 2.81. The van der Waals surface area contributed by atoms with Crippen LogP contribution in [0.2, 0.25) is 0 Å². The second-order valence-corrected chi connectivity index (χ2v) is 4.45. The van der Waals surface area contributed by atoms with Crippen molar-refractivity contribution in [1.29, 1.82) is 10.5 Å². The normalized spacial score (nSPS) is 10.1. The Hall–Kier alpha value is -3.24. The van der Waals surface area contributed by atoms with Crippen LogP contribution >= 0.6 is 0 Å². The summed E-state index contributed by atoms with van der Waals surface area (Å²) in [6.45, 7) is 0. The van der Waals surface area contributed by atoms with Gasteiger partial charge in [-0.25, -0.2) is 0 Å². The molecule has 0 aliphatic rings. The van der Waals surface area contributed by atoms with E-state index >= 15 is 0 Å². The smallest absolute Gasteiger partial charge is 0.109 e. The Morgan fingerprint density at radius 2 is 1.60 bits per heavy atom. The number of nitrogens with two attached hydrogens (primary N) is 1. The van der Waals surface area contributed by atoms with E-state index in [-0.39, 0.29) is 0 Å². The molecule has 20 heavy (non-hydrogen) atoms. The Balaban J connectivity index is 2.38. The standard InChI is InChI=1S/C16H10N4/c17-8-11-6-13-14(7-12(11)9-18)20-16(19)15(13)10-4-2-1-3-5-10/h1-7,20H,19H2. The number of H-pyrrole nitrogens is 1. The Labute approximate surface area is 115 Å². The summed E-state index contributed by atoms with van der Waals surface area (Å²) in [6, 6.07) is 17.2. The quantitative estimate of drug-likeness (QED) is 0.702. The maximum Gasteiger partial charge on any atom is 0.109 e. The van der Waals surface area contributed by atoms with Gasteiger partial charge in [0.15, 0.2) is 0 Å². The molecule has 0 radical (unpaired) electrons. The van der Waals surface area contributed by atoms with Gasteiger partial charge in [0.1, 0.15) is 18.0 Å². The fourth-order valence-electron chi connectivity index (χ4n) is 2.36. The minimum Gasteiger partial charge on any atom is -0.385 e. The van der Waals surface area contributed by atoms with Crippen LogP contribution in [0.4, 0.5) is 5.82 Å². The molecule has 94 valence electrons. The number of benzene rings is 2. The van der Waals surface area contributed by atoms with Crippen molar-refractivity contribution in [2.75, 3.05) is 5.73 Å². The summed E-state index contributed by atoms with van der Waals surface area (Å²) in [5, 5.41) is 19.0. The van der Waals surface area contributed by atoms with Crippen LogP contribution in [0.25, 0.3) is 22.0 Å². The number of nitrogen functional groups attached to an aromatic ring is 1. The van der Waals surface area contributed by atoms with E-state index in [9.17, 15) is 0 Å². The van der Waals surface area contributed by atoms with Gasteiger partial charge >= 0.3 is 0 Å². The average molecular weight is 258 g/mol. The van der Waals surface area contributed by atoms with Crippen molar-refractivity contribution in [2.45, 2.75) is 0 Å². The molecule has 2 aromatic carbocycles. The van der Waals surface area contributed by atoms with Crippen LogP contribution in [-0.2, 0) is 0 Å². The third-order valence-electron chi connectivity index (χ3n) is 3.27. The van der Waals surface area contributed by atoms with Gasteiger partial charge < -0.3 is 10.7 Å². The lowest BCUT2D eigenvalue weighted by molar-refractivity contribution is 1.43. The summed E-state index contributed by atoms with van der Waals surface area (Å²) in [6.07, 6.45) is 0. The first-order chi connectivity index (χ1) is 9.74. The van der Waals surface area contributed by atoms with E-state index in [4.69, 9.17) is 16.3 Å². The number of nitriles is 2. The largest absolute Gasteiger partial charge is 0.385 e. The summed E-state index contributed by atoms with van der Waals surface area (Å²) in [7, 11) is 0. The minimum absolute atomic E-state index is 0.348. The molecule has 3 aromatic rings. The van der Waals surface area contributed by atoms with E-state index in [2.05, 4.69) is 4.98 Å².